The lowest BCUT2D eigenvalue weighted by Gasteiger charge is -2.22. The Kier molecular flexibility index (Phi) is 4.88. The second-order valence-corrected chi connectivity index (χ2v) is 5.18. The fourth-order valence-corrected chi connectivity index (χ4v) is 2.50. The third kappa shape index (κ3) is 3.55. The first kappa shape index (κ1) is 14.8. The number of hydrogen-bond acceptors (Lipinski definition) is 4. The molecular formula is C17H20N2O3. The Morgan fingerprint density at radius 2 is 2.14 bits per heavy atom. The molecule has 116 valence electrons. The Hall–Kier alpha value is -2.11. The summed E-state index contributed by atoms with van der Waals surface area (Å²) in [6.07, 6.45) is -0.397. The summed E-state index contributed by atoms with van der Waals surface area (Å²) in [6, 6.07) is 14.0. The smallest absolute Gasteiger partial charge is 0.250 e. The fraction of sp³-hybridized carbons (Fsp3) is 0.353. The predicted octanol–water partition coefficient (Wildman–Crippen LogP) is 1.32. The summed E-state index contributed by atoms with van der Waals surface area (Å²) in [4.78, 5) is 11.9. The molecule has 0 aromatic heterocycles. The number of fused-ring (bicyclic) bond motifs is 1. The van der Waals surface area contributed by atoms with Gasteiger partial charge in [0.15, 0.2) is 0 Å². The van der Waals surface area contributed by atoms with Crippen LogP contribution >= 0.6 is 0 Å². The molecule has 1 amide bonds. The van der Waals surface area contributed by atoms with Crippen LogP contribution < -0.4 is 15.4 Å². The molecule has 0 aliphatic carbocycles. The second-order valence-electron chi connectivity index (χ2n) is 5.18. The van der Waals surface area contributed by atoms with E-state index in [0.717, 1.165) is 23.1 Å². The van der Waals surface area contributed by atoms with Crippen LogP contribution in [0.3, 0.4) is 0 Å². The molecular weight excluding hydrogens is 280 g/mol. The van der Waals surface area contributed by atoms with Crippen LogP contribution in [0.2, 0.25) is 0 Å². The van der Waals surface area contributed by atoms with Crippen LogP contribution in [0.4, 0.5) is 0 Å². The normalized spacial score (nSPS) is 18.1. The first-order chi connectivity index (χ1) is 10.8. The number of rotatable bonds is 5. The minimum Gasteiger partial charge on any atom is -0.491 e. The van der Waals surface area contributed by atoms with E-state index in [9.17, 15) is 4.79 Å². The molecule has 2 N–H and O–H groups in total. The van der Waals surface area contributed by atoms with Gasteiger partial charge < -0.3 is 20.1 Å². The Bertz CT molecular complexity index is 633. The van der Waals surface area contributed by atoms with E-state index in [0.29, 0.717) is 26.3 Å². The number of morpholine rings is 1. The van der Waals surface area contributed by atoms with Gasteiger partial charge in [0.1, 0.15) is 18.5 Å². The monoisotopic (exact) mass is 300 g/mol. The Labute approximate surface area is 129 Å². The zero-order valence-electron chi connectivity index (χ0n) is 12.4. The molecule has 3 rings (SSSR count). The summed E-state index contributed by atoms with van der Waals surface area (Å²) in [5.41, 5.74) is 0. The van der Waals surface area contributed by atoms with E-state index in [1.165, 1.54) is 0 Å². The van der Waals surface area contributed by atoms with Gasteiger partial charge in [0, 0.05) is 18.5 Å². The minimum atomic E-state index is -0.397. The highest BCUT2D eigenvalue weighted by molar-refractivity contribution is 5.88. The van der Waals surface area contributed by atoms with E-state index in [2.05, 4.69) is 22.8 Å². The number of hydrogen-bond donors (Lipinski definition) is 2. The number of carbonyl (C=O) groups is 1. The molecule has 2 aromatic rings. The van der Waals surface area contributed by atoms with Crippen molar-refractivity contribution >= 4 is 16.7 Å². The van der Waals surface area contributed by atoms with E-state index in [-0.39, 0.29) is 5.91 Å². The molecule has 2 aromatic carbocycles. The van der Waals surface area contributed by atoms with Crippen LogP contribution in [-0.4, -0.2) is 44.9 Å². The average molecular weight is 300 g/mol. The van der Waals surface area contributed by atoms with Crippen molar-refractivity contribution in [3.05, 3.63) is 42.5 Å². The van der Waals surface area contributed by atoms with Crippen LogP contribution in [-0.2, 0) is 9.53 Å². The highest BCUT2D eigenvalue weighted by atomic mass is 16.5. The lowest BCUT2D eigenvalue weighted by atomic mass is 10.1. The summed E-state index contributed by atoms with van der Waals surface area (Å²) in [6.45, 7) is 2.83. The molecule has 5 nitrogen and oxygen atoms in total. The second kappa shape index (κ2) is 7.24. The van der Waals surface area contributed by atoms with Crippen LogP contribution in [0.25, 0.3) is 10.8 Å². The fourth-order valence-electron chi connectivity index (χ4n) is 2.50. The van der Waals surface area contributed by atoms with Gasteiger partial charge in [0.25, 0.3) is 5.91 Å². The molecule has 1 aliphatic rings. The van der Waals surface area contributed by atoms with Crippen LogP contribution in [0.15, 0.2) is 42.5 Å². The molecule has 5 heteroatoms. The Morgan fingerprint density at radius 1 is 1.27 bits per heavy atom. The van der Waals surface area contributed by atoms with Crippen molar-refractivity contribution in [3.8, 4) is 5.75 Å². The molecule has 1 unspecified atom stereocenters. The van der Waals surface area contributed by atoms with Crippen LogP contribution in [0.5, 0.6) is 5.75 Å². The van der Waals surface area contributed by atoms with E-state index in [1.807, 2.05) is 30.3 Å². The first-order valence-electron chi connectivity index (χ1n) is 7.55. The third-order valence-electron chi connectivity index (χ3n) is 3.63. The van der Waals surface area contributed by atoms with Gasteiger partial charge in [-0.3, -0.25) is 4.79 Å². The molecule has 1 heterocycles. The zero-order chi connectivity index (χ0) is 15.2. The van der Waals surface area contributed by atoms with Gasteiger partial charge in [-0.1, -0.05) is 36.4 Å². The van der Waals surface area contributed by atoms with Crippen molar-refractivity contribution in [1.82, 2.24) is 10.6 Å². The molecule has 1 fully saturated rings. The lowest BCUT2D eigenvalue weighted by Crippen LogP contribution is -2.48. The number of carbonyl (C=O) groups excluding carboxylic acids is 1. The lowest BCUT2D eigenvalue weighted by molar-refractivity contribution is -0.134. The molecule has 0 radical (unpaired) electrons. The van der Waals surface area contributed by atoms with E-state index < -0.39 is 6.10 Å². The van der Waals surface area contributed by atoms with Crippen molar-refractivity contribution in [1.29, 1.82) is 0 Å². The molecule has 0 saturated carbocycles. The quantitative estimate of drug-likeness (QED) is 0.818. The molecule has 22 heavy (non-hydrogen) atoms. The average Bonchev–Trinajstić information content (AvgIpc) is 2.59. The third-order valence-corrected chi connectivity index (χ3v) is 3.63. The Morgan fingerprint density at radius 3 is 3.00 bits per heavy atom. The van der Waals surface area contributed by atoms with Crippen molar-refractivity contribution in [2.45, 2.75) is 6.10 Å². The van der Waals surface area contributed by atoms with E-state index in [4.69, 9.17) is 9.47 Å². The summed E-state index contributed by atoms with van der Waals surface area (Å²) >= 11 is 0. The maximum Gasteiger partial charge on any atom is 0.250 e. The van der Waals surface area contributed by atoms with Crippen molar-refractivity contribution in [3.63, 3.8) is 0 Å². The summed E-state index contributed by atoms with van der Waals surface area (Å²) in [7, 11) is 0. The highest BCUT2D eigenvalue weighted by Crippen LogP contribution is 2.24. The number of benzene rings is 2. The Balaban J connectivity index is 1.49. The van der Waals surface area contributed by atoms with Crippen LogP contribution in [0, 0.1) is 0 Å². The number of nitrogens with one attached hydrogen (secondary N) is 2. The topological polar surface area (TPSA) is 59.6 Å². The van der Waals surface area contributed by atoms with Crippen molar-refractivity contribution in [2.75, 3.05) is 32.8 Å². The first-order valence-corrected chi connectivity index (χ1v) is 7.55. The van der Waals surface area contributed by atoms with Gasteiger partial charge in [-0.05, 0) is 11.5 Å². The van der Waals surface area contributed by atoms with Gasteiger partial charge in [-0.25, -0.2) is 0 Å². The standard InChI is InChI=1S/C17H20N2O3/c20-17(16-12-18-8-10-22-16)19-9-11-21-15-7-3-5-13-4-1-2-6-14(13)15/h1-7,16,18H,8-12H2,(H,19,20). The molecule has 1 aliphatic heterocycles. The van der Waals surface area contributed by atoms with Gasteiger partial charge in [-0.2, -0.15) is 0 Å². The van der Waals surface area contributed by atoms with Gasteiger partial charge in [0.05, 0.1) is 13.2 Å². The molecule has 0 bridgehead atoms. The highest BCUT2D eigenvalue weighted by Gasteiger charge is 2.20. The largest absolute Gasteiger partial charge is 0.491 e. The molecule has 0 spiro atoms. The maximum atomic E-state index is 11.9. The molecule has 1 atom stereocenters. The van der Waals surface area contributed by atoms with Gasteiger partial charge in [0.2, 0.25) is 0 Å². The minimum absolute atomic E-state index is 0.0891. The predicted molar refractivity (Wildman–Crippen MR) is 85.1 cm³/mol. The zero-order valence-corrected chi connectivity index (χ0v) is 12.4. The van der Waals surface area contributed by atoms with Gasteiger partial charge >= 0.3 is 0 Å². The molecule has 1 saturated heterocycles. The summed E-state index contributed by atoms with van der Waals surface area (Å²) in [5.74, 6) is 0.747. The van der Waals surface area contributed by atoms with E-state index in [1.54, 1.807) is 0 Å². The number of amides is 1. The summed E-state index contributed by atoms with van der Waals surface area (Å²) in [5, 5.41) is 8.20. The van der Waals surface area contributed by atoms with E-state index >= 15 is 0 Å². The van der Waals surface area contributed by atoms with Crippen LogP contribution in [0.1, 0.15) is 0 Å². The van der Waals surface area contributed by atoms with Crippen molar-refractivity contribution in [2.24, 2.45) is 0 Å². The van der Waals surface area contributed by atoms with Gasteiger partial charge in [-0.15, -0.1) is 0 Å². The number of ether oxygens (including phenoxy) is 2. The van der Waals surface area contributed by atoms with Crippen molar-refractivity contribution < 1.29 is 14.3 Å². The SMILES string of the molecule is O=C(NCCOc1cccc2ccccc12)C1CNCCO1. The maximum absolute atomic E-state index is 11.9. The summed E-state index contributed by atoms with van der Waals surface area (Å²) < 4.78 is 11.2.